The molecule has 0 radical (unpaired) electrons. The van der Waals surface area contributed by atoms with Gasteiger partial charge >= 0.3 is 0 Å². The van der Waals surface area contributed by atoms with Gasteiger partial charge in [-0.15, -0.1) is 0 Å². The van der Waals surface area contributed by atoms with Gasteiger partial charge in [-0.3, -0.25) is 5.43 Å². The van der Waals surface area contributed by atoms with E-state index in [1.165, 1.54) is 12.1 Å². The molecule has 0 aliphatic carbocycles. The minimum atomic E-state index is -0.679. The molecule has 5 heteroatoms. The van der Waals surface area contributed by atoms with Crippen molar-refractivity contribution in [3.8, 4) is 0 Å². The van der Waals surface area contributed by atoms with Crippen molar-refractivity contribution >= 4 is 27.8 Å². The number of nitrogens with one attached hydrogen (secondary N) is 1. The van der Waals surface area contributed by atoms with Gasteiger partial charge in [0.05, 0.1) is 11.9 Å². The normalized spacial score (nSPS) is 10.8. The van der Waals surface area contributed by atoms with Crippen LogP contribution in [0.4, 0.5) is 14.5 Å². The van der Waals surface area contributed by atoms with E-state index in [1.54, 1.807) is 6.21 Å². The van der Waals surface area contributed by atoms with Crippen molar-refractivity contribution in [2.24, 2.45) is 5.10 Å². The number of anilines is 1. The first kappa shape index (κ1) is 12.7. The summed E-state index contributed by atoms with van der Waals surface area (Å²) in [6.07, 6.45) is 1.55. The first-order chi connectivity index (χ1) is 8.65. The SMILES string of the molecule is Fc1ccc(N/N=C/c2cccc(Br)c2)c(F)c1. The van der Waals surface area contributed by atoms with E-state index in [-0.39, 0.29) is 5.69 Å². The van der Waals surface area contributed by atoms with Crippen molar-refractivity contribution in [2.75, 3.05) is 5.43 Å². The third-order valence-corrected chi connectivity index (χ3v) is 2.67. The van der Waals surface area contributed by atoms with Crippen LogP contribution in [0, 0.1) is 11.6 Å². The van der Waals surface area contributed by atoms with Gasteiger partial charge in [0.15, 0.2) is 5.82 Å². The van der Waals surface area contributed by atoms with E-state index in [0.29, 0.717) is 0 Å². The maximum Gasteiger partial charge on any atom is 0.151 e. The van der Waals surface area contributed by atoms with Crippen LogP contribution in [0.5, 0.6) is 0 Å². The highest BCUT2D eigenvalue weighted by atomic mass is 79.9. The fraction of sp³-hybridized carbons (Fsp3) is 0. The predicted octanol–water partition coefficient (Wildman–Crippen LogP) is 4.17. The van der Waals surface area contributed by atoms with Crippen molar-refractivity contribution in [1.29, 1.82) is 0 Å². The standard InChI is InChI=1S/C13H9BrF2N2/c14-10-3-1-2-9(6-10)8-17-18-13-5-4-11(15)7-12(13)16/h1-8,18H/b17-8+. The highest BCUT2D eigenvalue weighted by Crippen LogP contribution is 2.15. The summed E-state index contributed by atoms with van der Waals surface area (Å²) in [6, 6.07) is 10.7. The van der Waals surface area contributed by atoms with Crippen LogP contribution in [0.3, 0.4) is 0 Å². The minimum absolute atomic E-state index is 0.127. The van der Waals surface area contributed by atoms with Crippen molar-refractivity contribution in [3.05, 3.63) is 64.1 Å². The lowest BCUT2D eigenvalue weighted by molar-refractivity contribution is 0.585. The second kappa shape index (κ2) is 5.73. The maximum atomic E-state index is 13.3. The lowest BCUT2D eigenvalue weighted by Gasteiger charge is -2.01. The number of hydrogen-bond donors (Lipinski definition) is 1. The summed E-state index contributed by atoms with van der Waals surface area (Å²) in [7, 11) is 0. The van der Waals surface area contributed by atoms with E-state index in [0.717, 1.165) is 16.1 Å². The van der Waals surface area contributed by atoms with Crippen LogP contribution in [0.25, 0.3) is 0 Å². The van der Waals surface area contributed by atoms with Crippen LogP contribution >= 0.6 is 15.9 Å². The van der Waals surface area contributed by atoms with Crippen LogP contribution < -0.4 is 5.43 Å². The summed E-state index contributed by atoms with van der Waals surface area (Å²) >= 11 is 3.33. The van der Waals surface area contributed by atoms with Gasteiger partial charge in [-0.2, -0.15) is 5.10 Å². The maximum absolute atomic E-state index is 13.3. The van der Waals surface area contributed by atoms with Gasteiger partial charge in [-0.05, 0) is 29.8 Å². The minimum Gasteiger partial charge on any atom is -0.276 e. The van der Waals surface area contributed by atoms with Crippen LogP contribution in [0.15, 0.2) is 52.0 Å². The Morgan fingerprint density at radius 2 is 1.94 bits per heavy atom. The molecule has 2 aromatic carbocycles. The number of hydrogen-bond acceptors (Lipinski definition) is 2. The Balaban J connectivity index is 2.07. The lowest BCUT2D eigenvalue weighted by atomic mass is 10.2. The highest BCUT2D eigenvalue weighted by molar-refractivity contribution is 9.10. The highest BCUT2D eigenvalue weighted by Gasteiger charge is 2.01. The molecule has 0 saturated carbocycles. The van der Waals surface area contributed by atoms with Gasteiger partial charge in [-0.1, -0.05) is 28.1 Å². The molecule has 0 fully saturated rings. The number of rotatable bonds is 3. The molecule has 0 saturated heterocycles. The van der Waals surface area contributed by atoms with Crippen LogP contribution in [0.1, 0.15) is 5.56 Å². The van der Waals surface area contributed by atoms with E-state index in [1.807, 2.05) is 24.3 Å². The molecule has 2 rings (SSSR count). The zero-order chi connectivity index (χ0) is 13.0. The van der Waals surface area contributed by atoms with E-state index in [4.69, 9.17) is 0 Å². The second-order valence-corrected chi connectivity index (χ2v) is 4.46. The Labute approximate surface area is 111 Å². The van der Waals surface area contributed by atoms with Crippen molar-refractivity contribution in [2.45, 2.75) is 0 Å². The molecule has 0 bridgehead atoms. The van der Waals surface area contributed by atoms with Gasteiger partial charge < -0.3 is 0 Å². The number of halogens is 3. The topological polar surface area (TPSA) is 24.4 Å². The van der Waals surface area contributed by atoms with Gasteiger partial charge in [0.2, 0.25) is 0 Å². The molecule has 18 heavy (non-hydrogen) atoms. The summed E-state index contributed by atoms with van der Waals surface area (Å²) < 4.78 is 26.9. The molecule has 0 aromatic heterocycles. The predicted molar refractivity (Wildman–Crippen MR) is 71.7 cm³/mol. The molecule has 2 aromatic rings. The van der Waals surface area contributed by atoms with E-state index < -0.39 is 11.6 Å². The Morgan fingerprint density at radius 3 is 2.67 bits per heavy atom. The van der Waals surface area contributed by atoms with Gasteiger partial charge in [0.25, 0.3) is 0 Å². The molecule has 0 unspecified atom stereocenters. The van der Waals surface area contributed by atoms with Gasteiger partial charge in [0.1, 0.15) is 5.82 Å². The van der Waals surface area contributed by atoms with Crippen molar-refractivity contribution in [3.63, 3.8) is 0 Å². The Kier molecular flexibility index (Phi) is 4.04. The molecule has 0 spiro atoms. The fourth-order valence-electron chi connectivity index (χ4n) is 1.34. The van der Waals surface area contributed by atoms with Crippen LogP contribution in [-0.4, -0.2) is 6.21 Å². The van der Waals surface area contributed by atoms with Crippen molar-refractivity contribution in [1.82, 2.24) is 0 Å². The monoisotopic (exact) mass is 310 g/mol. The molecule has 0 aliphatic rings. The van der Waals surface area contributed by atoms with Crippen molar-refractivity contribution < 1.29 is 8.78 Å². The average Bonchev–Trinajstić information content (AvgIpc) is 2.32. The first-order valence-electron chi connectivity index (χ1n) is 5.15. The molecule has 0 aliphatic heterocycles. The van der Waals surface area contributed by atoms with Crippen LogP contribution in [-0.2, 0) is 0 Å². The quantitative estimate of drug-likeness (QED) is 0.667. The third kappa shape index (κ3) is 3.37. The second-order valence-electron chi connectivity index (χ2n) is 3.55. The van der Waals surface area contributed by atoms with E-state index in [9.17, 15) is 8.78 Å². The zero-order valence-corrected chi connectivity index (χ0v) is 10.8. The third-order valence-electron chi connectivity index (χ3n) is 2.18. The van der Waals surface area contributed by atoms with E-state index in [2.05, 4.69) is 26.5 Å². The zero-order valence-electron chi connectivity index (χ0n) is 9.20. The summed E-state index contributed by atoms with van der Waals surface area (Å²) in [5.74, 6) is -1.30. The molecular formula is C13H9BrF2N2. The fourth-order valence-corrected chi connectivity index (χ4v) is 1.76. The Hall–Kier alpha value is -1.75. The van der Waals surface area contributed by atoms with Gasteiger partial charge in [0, 0.05) is 10.5 Å². The molecule has 2 nitrogen and oxygen atoms in total. The molecular weight excluding hydrogens is 302 g/mol. The molecule has 0 amide bonds. The molecule has 92 valence electrons. The number of hydrazone groups is 1. The van der Waals surface area contributed by atoms with E-state index >= 15 is 0 Å². The lowest BCUT2D eigenvalue weighted by Crippen LogP contribution is -1.94. The Morgan fingerprint density at radius 1 is 1.11 bits per heavy atom. The summed E-state index contributed by atoms with van der Waals surface area (Å²) in [5, 5.41) is 3.89. The summed E-state index contributed by atoms with van der Waals surface area (Å²) in [6.45, 7) is 0. The molecule has 1 N–H and O–H groups in total. The van der Waals surface area contributed by atoms with Gasteiger partial charge in [-0.25, -0.2) is 8.78 Å². The summed E-state index contributed by atoms with van der Waals surface area (Å²) in [5.41, 5.74) is 3.51. The average molecular weight is 311 g/mol. The first-order valence-corrected chi connectivity index (χ1v) is 5.94. The molecule has 0 heterocycles. The number of benzene rings is 2. The number of nitrogens with zero attached hydrogens (tertiary/aromatic N) is 1. The Bertz CT molecular complexity index is 585. The largest absolute Gasteiger partial charge is 0.276 e. The summed E-state index contributed by atoms with van der Waals surface area (Å²) in [4.78, 5) is 0. The molecule has 0 atom stereocenters. The smallest absolute Gasteiger partial charge is 0.151 e. The van der Waals surface area contributed by atoms with Crippen LogP contribution in [0.2, 0.25) is 0 Å².